The monoisotopic (exact) mass is 208 g/mol. The minimum atomic E-state index is -0.312. The largest absolute Gasteiger partial charge is 0.347 e. The predicted molar refractivity (Wildman–Crippen MR) is 59.2 cm³/mol. The van der Waals surface area contributed by atoms with Crippen molar-refractivity contribution < 1.29 is 9.47 Å². The van der Waals surface area contributed by atoms with Gasteiger partial charge < -0.3 is 9.47 Å². The highest BCUT2D eigenvalue weighted by atomic mass is 16.7. The van der Waals surface area contributed by atoms with Crippen molar-refractivity contribution in [2.75, 3.05) is 13.2 Å². The maximum absolute atomic E-state index is 5.86. The topological polar surface area (TPSA) is 18.5 Å². The Morgan fingerprint density at radius 3 is 2.53 bits per heavy atom. The summed E-state index contributed by atoms with van der Waals surface area (Å²) in [6.07, 6.45) is 3.07. The van der Waals surface area contributed by atoms with Crippen molar-refractivity contribution in [1.29, 1.82) is 0 Å². The summed E-state index contributed by atoms with van der Waals surface area (Å²) in [5.41, 5.74) is 0.324. The molecule has 2 heteroatoms. The quantitative estimate of drug-likeness (QED) is 0.617. The number of hydrogen-bond acceptors (Lipinski definition) is 2. The van der Waals surface area contributed by atoms with Crippen LogP contribution in [0.15, 0.2) is 0 Å². The molecule has 2 nitrogen and oxygen atoms in total. The Balaban J connectivity index is 2.14. The maximum Gasteiger partial charge on any atom is 0.172 e. The summed E-state index contributed by atoms with van der Waals surface area (Å²) in [6.45, 7) is 7.96. The van der Waals surface area contributed by atoms with Gasteiger partial charge in [0.15, 0.2) is 5.79 Å². The van der Waals surface area contributed by atoms with Gasteiger partial charge >= 0.3 is 0 Å². The van der Waals surface area contributed by atoms with Crippen LogP contribution in [0, 0.1) is 23.2 Å². The zero-order chi connectivity index (χ0) is 10.9. The average molecular weight is 208 g/mol. The second-order valence-corrected chi connectivity index (χ2v) is 5.38. The van der Waals surface area contributed by atoms with Gasteiger partial charge in [-0.25, -0.2) is 0 Å². The molecule has 0 bridgehead atoms. The zero-order valence-corrected chi connectivity index (χ0v) is 9.93. The van der Waals surface area contributed by atoms with Crippen LogP contribution in [0.5, 0.6) is 0 Å². The van der Waals surface area contributed by atoms with Gasteiger partial charge in [0.25, 0.3) is 0 Å². The lowest BCUT2D eigenvalue weighted by molar-refractivity contribution is -0.183. The number of rotatable bonds is 1. The summed E-state index contributed by atoms with van der Waals surface area (Å²) in [5, 5.41) is 0. The molecule has 0 amide bonds. The van der Waals surface area contributed by atoms with Crippen LogP contribution in [0.4, 0.5) is 0 Å². The molecule has 1 atom stereocenters. The van der Waals surface area contributed by atoms with E-state index < -0.39 is 0 Å². The van der Waals surface area contributed by atoms with Crippen molar-refractivity contribution >= 4 is 0 Å². The van der Waals surface area contributed by atoms with Gasteiger partial charge in [0.2, 0.25) is 0 Å². The second-order valence-electron chi connectivity index (χ2n) is 5.38. The van der Waals surface area contributed by atoms with Crippen LogP contribution in [0.25, 0.3) is 0 Å². The molecule has 0 aromatic rings. The Hall–Kier alpha value is -0.520. The second kappa shape index (κ2) is 3.81. The molecule has 0 aromatic heterocycles. The van der Waals surface area contributed by atoms with Crippen molar-refractivity contribution in [3.05, 3.63) is 0 Å². The molecule has 1 unspecified atom stereocenters. The lowest BCUT2D eigenvalue weighted by Crippen LogP contribution is -2.34. The molecule has 1 saturated carbocycles. The minimum Gasteiger partial charge on any atom is -0.347 e. The fraction of sp³-hybridized carbons (Fsp3) is 0.846. The van der Waals surface area contributed by atoms with Crippen LogP contribution in [-0.2, 0) is 9.47 Å². The zero-order valence-electron chi connectivity index (χ0n) is 9.93. The summed E-state index contributed by atoms with van der Waals surface area (Å²) in [6, 6.07) is 0. The Kier molecular flexibility index (Phi) is 2.79. The van der Waals surface area contributed by atoms with Gasteiger partial charge in [-0.2, -0.15) is 0 Å². The Labute approximate surface area is 92.3 Å². The first kappa shape index (κ1) is 11.0. The van der Waals surface area contributed by atoms with Gasteiger partial charge in [0, 0.05) is 18.8 Å². The maximum atomic E-state index is 5.86. The Morgan fingerprint density at radius 2 is 1.93 bits per heavy atom. The molecule has 1 saturated heterocycles. The molecule has 15 heavy (non-hydrogen) atoms. The Morgan fingerprint density at radius 1 is 1.27 bits per heavy atom. The van der Waals surface area contributed by atoms with Crippen LogP contribution in [0.3, 0.4) is 0 Å². The summed E-state index contributed by atoms with van der Waals surface area (Å²) in [7, 11) is 0. The molecule has 84 valence electrons. The molecular weight excluding hydrogens is 188 g/mol. The molecule has 2 aliphatic rings. The molecule has 2 rings (SSSR count). The first-order chi connectivity index (χ1) is 7.08. The summed E-state index contributed by atoms with van der Waals surface area (Å²) in [5.74, 6) is 6.27. The molecule has 0 radical (unpaired) electrons. The minimum absolute atomic E-state index is 0.312. The van der Waals surface area contributed by atoms with E-state index in [-0.39, 0.29) is 5.79 Å². The van der Waals surface area contributed by atoms with Crippen molar-refractivity contribution in [2.45, 2.75) is 45.8 Å². The van der Waals surface area contributed by atoms with Gasteiger partial charge in [-0.05, 0) is 18.8 Å². The first-order valence-corrected chi connectivity index (χ1v) is 5.75. The SMILES string of the molecule is CC#CCC1CC(C)(C)CC12OCCO2. The summed E-state index contributed by atoms with van der Waals surface area (Å²) in [4.78, 5) is 0. The van der Waals surface area contributed by atoms with Crippen molar-refractivity contribution in [3.8, 4) is 11.8 Å². The van der Waals surface area contributed by atoms with Crippen LogP contribution in [-0.4, -0.2) is 19.0 Å². The highest BCUT2D eigenvalue weighted by Gasteiger charge is 2.54. The first-order valence-electron chi connectivity index (χ1n) is 5.75. The van der Waals surface area contributed by atoms with E-state index in [0.29, 0.717) is 11.3 Å². The molecule has 0 aromatic carbocycles. The van der Waals surface area contributed by atoms with E-state index in [1.165, 1.54) is 0 Å². The van der Waals surface area contributed by atoms with Gasteiger partial charge in [0.1, 0.15) is 0 Å². The average Bonchev–Trinajstić information content (AvgIpc) is 2.69. The van der Waals surface area contributed by atoms with Gasteiger partial charge in [0.05, 0.1) is 13.2 Å². The molecule has 1 aliphatic heterocycles. The molecular formula is C13H20O2. The third-order valence-electron chi connectivity index (χ3n) is 3.45. The van der Waals surface area contributed by atoms with E-state index in [4.69, 9.17) is 9.47 Å². The molecule has 1 heterocycles. The molecule has 0 N–H and O–H groups in total. The Bertz CT molecular complexity index is 289. The third-order valence-corrected chi connectivity index (χ3v) is 3.45. The van der Waals surface area contributed by atoms with E-state index in [1.807, 2.05) is 6.92 Å². The van der Waals surface area contributed by atoms with Crippen LogP contribution in [0.2, 0.25) is 0 Å². The fourth-order valence-corrected chi connectivity index (χ4v) is 2.97. The van der Waals surface area contributed by atoms with Gasteiger partial charge in [-0.3, -0.25) is 0 Å². The van der Waals surface area contributed by atoms with Crippen LogP contribution >= 0.6 is 0 Å². The van der Waals surface area contributed by atoms with E-state index in [9.17, 15) is 0 Å². The number of ether oxygens (including phenoxy) is 2. The van der Waals surface area contributed by atoms with Crippen molar-refractivity contribution in [1.82, 2.24) is 0 Å². The van der Waals surface area contributed by atoms with E-state index in [2.05, 4.69) is 25.7 Å². The summed E-state index contributed by atoms with van der Waals surface area (Å²) < 4.78 is 11.7. The van der Waals surface area contributed by atoms with E-state index in [1.54, 1.807) is 0 Å². The van der Waals surface area contributed by atoms with Crippen LogP contribution in [0.1, 0.15) is 40.0 Å². The highest BCUT2D eigenvalue weighted by molar-refractivity contribution is 5.05. The lowest BCUT2D eigenvalue weighted by atomic mass is 9.90. The van der Waals surface area contributed by atoms with Gasteiger partial charge in [-0.1, -0.05) is 13.8 Å². The van der Waals surface area contributed by atoms with E-state index >= 15 is 0 Å². The summed E-state index contributed by atoms with van der Waals surface area (Å²) >= 11 is 0. The van der Waals surface area contributed by atoms with Crippen LogP contribution < -0.4 is 0 Å². The molecule has 2 fully saturated rings. The van der Waals surface area contributed by atoms with Crippen molar-refractivity contribution in [2.24, 2.45) is 11.3 Å². The smallest absolute Gasteiger partial charge is 0.172 e. The normalized spacial score (nSPS) is 31.5. The van der Waals surface area contributed by atoms with Crippen molar-refractivity contribution in [3.63, 3.8) is 0 Å². The van der Waals surface area contributed by atoms with E-state index in [0.717, 1.165) is 32.5 Å². The molecule has 1 spiro atoms. The standard InChI is InChI=1S/C13H20O2/c1-4-5-6-11-9-12(2,3)10-13(11)14-7-8-15-13/h11H,6-10H2,1-3H3. The highest BCUT2D eigenvalue weighted by Crippen LogP contribution is 2.52. The molecule has 1 aliphatic carbocycles. The van der Waals surface area contributed by atoms with Gasteiger partial charge in [-0.15, -0.1) is 11.8 Å². The number of hydrogen-bond donors (Lipinski definition) is 0. The fourth-order valence-electron chi connectivity index (χ4n) is 2.97. The lowest BCUT2D eigenvalue weighted by Gasteiger charge is -2.28. The predicted octanol–water partition coefficient (Wildman–Crippen LogP) is 2.58. The third kappa shape index (κ3) is 2.04.